The van der Waals surface area contributed by atoms with E-state index in [2.05, 4.69) is 15.1 Å². The van der Waals surface area contributed by atoms with Crippen LogP contribution in [-0.2, 0) is 11.3 Å². The highest BCUT2D eigenvalue weighted by atomic mass is 19.2. The summed E-state index contributed by atoms with van der Waals surface area (Å²) in [6, 6.07) is 5.32. The first-order chi connectivity index (χ1) is 13.1. The van der Waals surface area contributed by atoms with Gasteiger partial charge >= 0.3 is 0 Å². The van der Waals surface area contributed by atoms with E-state index in [1.54, 1.807) is 12.1 Å². The predicted octanol–water partition coefficient (Wildman–Crippen LogP) is 2.92. The van der Waals surface area contributed by atoms with Crippen molar-refractivity contribution in [2.24, 2.45) is 5.92 Å². The molecule has 3 fully saturated rings. The molecule has 148 valence electrons. The van der Waals surface area contributed by atoms with Crippen LogP contribution in [-0.4, -0.2) is 54.0 Å². The van der Waals surface area contributed by atoms with Crippen LogP contribution in [0.5, 0.6) is 0 Å². The molecule has 1 aromatic carbocycles. The first-order valence-corrected chi connectivity index (χ1v) is 10.3. The van der Waals surface area contributed by atoms with Gasteiger partial charge in [0.2, 0.25) is 5.91 Å². The molecule has 1 atom stereocenters. The van der Waals surface area contributed by atoms with Gasteiger partial charge in [-0.1, -0.05) is 12.1 Å². The Bertz CT molecular complexity index is 671. The number of nitrogens with one attached hydrogen (secondary N) is 1. The van der Waals surface area contributed by atoms with Crippen LogP contribution in [0.2, 0.25) is 0 Å². The molecule has 2 saturated heterocycles. The van der Waals surface area contributed by atoms with Gasteiger partial charge in [-0.25, -0.2) is 8.78 Å². The predicted molar refractivity (Wildman–Crippen MR) is 100 cm³/mol. The van der Waals surface area contributed by atoms with E-state index in [1.807, 2.05) is 0 Å². The van der Waals surface area contributed by atoms with Gasteiger partial charge in [0.25, 0.3) is 0 Å². The lowest BCUT2D eigenvalue weighted by Crippen LogP contribution is -2.50. The fourth-order valence-electron chi connectivity index (χ4n) is 4.45. The Kier molecular flexibility index (Phi) is 5.74. The second-order valence-corrected chi connectivity index (χ2v) is 8.34. The van der Waals surface area contributed by atoms with Crippen LogP contribution < -0.4 is 5.32 Å². The fourth-order valence-corrected chi connectivity index (χ4v) is 4.45. The van der Waals surface area contributed by atoms with E-state index in [1.165, 1.54) is 0 Å². The van der Waals surface area contributed by atoms with Crippen LogP contribution in [0.4, 0.5) is 8.78 Å². The molecular weight excluding hydrogens is 348 g/mol. The van der Waals surface area contributed by atoms with Gasteiger partial charge in [0, 0.05) is 30.7 Å². The molecule has 4 nitrogen and oxygen atoms in total. The first kappa shape index (κ1) is 18.8. The maximum atomic E-state index is 13.9. The quantitative estimate of drug-likeness (QED) is 0.857. The Morgan fingerprint density at radius 1 is 1.07 bits per heavy atom. The molecule has 2 heterocycles. The molecule has 3 aliphatic rings. The maximum Gasteiger partial charge on any atom is 0.224 e. The van der Waals surface area contributed by atoms with Gasteiger partial charge in [-0.05, 0) is 64.2 Å². The summed E-state index contributed by atoms with van der Waals surface area (Å²) in [5.74, 6) is -1.13. The Balaban J connectivity index is 1.27. The largest absolute Gasteiger partial charge is 0.353 e. The summed E-state index contributed by atoms with van der Waals surface area (Å²) < 4.78 is 27.3. The van der Waals surface area contributed by atoms with Crippen LogP contribution in [0.1, 0.15) is 44.1 Å². The minimum atomic E-state index is -0.772. The van der Waals surface area contributed by atoms with Crippen molar-refractivity contribution in [3.05, 3.63) is 35.4 Å². The molecule has 0 radical (unpaired) electrons. The number of halogens is 2. The molecule has 0 bridgehead atoms. The number of carbonyl (C=O) groups excluding carboxylic acids is 1. The molecule has 0 spiro atoms. The van der Waals surface area contributed by atoms with Crippen LogP contribution in [0, 0.1) is 17.6 Å². The molecule has 2 aliphatic heterocycles. The van der Waals surface area contributed by atoms with E-state index in [4.69, 9.17) is 0 Å². The van der Waals surface area contributed by atoms with E-state index in [0.717, 1.165) is 70.8 Å². The third kappa shape index (κ3) is 4.66. The number of likely N-dealkylation sites (tertiary alicyclic amines) is 2. The molecule has 4 rings (SSSR count). The zero-order valence-corrected chi connectivity index (χ0v) is 15.8. The second kappa shape index (κ2) is 8.23. The lowest BCUT2D eigenvalue weighted by atomic mass is 9.93. The number of rotatable bonds is 5. The van der Waals surface area contributed by atoms with Crippen LogP contribution in [0.3, 0.4) is 0 Å². The molecule has 0 unspecified atom stereocenters. The summed E-state index contributed by atoms with van der Waals surface area (Å²) in [5, 5.41) is 3.15. The number of amides is 1. The molecule has 1 amide bonds. The summed E-state index contributed by atoms with van der Waals surface area (Å²) in [5.41, 5.74) is 0.434. The first-order valence-electron chi connectivity index (χ1n) is 10.3. The Morgan fingerprint density at radius 2 is 1.85 bits per heavy atom. The Morgan fingerprint density at radius 3 is 2.59 bits per heavy atom. The maximum absolute atomic E-state index is 13.9. The smallest absolute Gasteiger partial charge is 0.224 e. The summed E-state index contributed by atoms with van der Waals surface area (Å²) in [7, 11) is 0. The molecule has 1 saturated carbocycles. The SMILES string of the molecule is O=C(NC1CC1)[C@@H]1CCCN(C2CCN(Cc3cccc(F)c3F)CC2)C1. The van der Waals surface area contributed by atoms with Crippen LogP contribution >= 0.6 is 0 Å². The summed E-state index contributed by atoms with van der Waals surface area (Å²) in [6.45, 7) is 4.16. The van der Waals surface area contributed by atoms with Crippen molar-refractivity contribution in [2.45, 2.75) is 57.2 Å². The third-order valence-electron chi connectivity index (χ3n) is 6.25. The topological polar surface area (TPSA) is 35.6 Å². The van der Waals surface area contributed by atoms with Gasteiger partial charge in [0.05, 0.1) is 5.92 Å². The molecule has 1 N–H and O–H groups in total. The zero-order valence-electron chi connectivity index (χ0n) is 15.8. The normalized spacial score (nSPS) is 25.5. The van der Waals surface area contributed by atoms with Crippen molar-refractivity contribution in [3.8, 4) is 0 Å². The monoisotopic (exact) mass is 377 g/mol. The number of piperidine rings is 2. The standard InChI is InChI=1S/C21H29F2N3O/c22-19-5-1-3-15(20(19)23)13-25-11-8-18(9-12-25)26-10-2-4-16(14-26)21(27)24-17-6-7-17/h1,3,5,16-18H,2,4,6-14H2,(H,24,27)/t16-/m1/s1. The number of nitrogens with zero attached hydrogens (tertiary/aromatic N) is 2. The van der Waals surface area contributed by atoms with Crippen LogP contribution in [0.25, 0.3) is 0 Å². The van der Waals surface area contributed by atoms with Gasteiger partial charge < -0.3 is 5.32 Å². The van der Waals surface area contributed by atoms with Crippen molar-refractivity contribution in [3.63, 3.8) is 0 Å². The molecule has 1 aromatic rings. The van der Waals surface area contributed by atoms with Gasteiger partial charge in [0.1, 0.15) is 0 Å². The molecule has 6 heteroatoms. The highest BCUT2D eigenvalue weighted by Gasteiger charge is 2.33. The molecular formula is C21H29F2N3O. The second-order valence-electron chi connectivity index (χ2n) is 8.34. The van der Waals surface area contributed by atoms with E-state index < -0.39 is 11.6 Å². The van der Waals surface area contributed by atoms with Crippen molar-refractivity contribution in [2.75, 3.05) is 26.2 Å². The summed E-state index contributed by atoms with van der Waals surface area (Å²) >= 11 is 0. The average molecular weight is 377 g/mol. The Labute approximate surface area is 159 Å². The summed E-state index contributed by atoms with van der Waals surface area (Å²) in [4.78, 5) is 17.1. The van der Waals surface area contributed by atoms with Gasteiger partial charge in [-0.15, -0.1) is 0 Å². The molecule has 1 aliphatic carbocycles. The lowest BCUT2D eigenvalue weighted by Gasteiger charge is -2.42. The van der Waals surface area contributed by atoms with E-state index in [-0.39, 0.29) is 11.8 Å². The highest BCUT2D eigenvalue weighted by molar-refractivity contribution is 5.79. The van der Waals surface area contributed by atoms with Crippen molar-refractivity contribution < 1.29 is 13.6 Å². The van der Waals surface area contributed by atoms with E-state index in [0.29, 0.717) is 24.2 Å². The van der Waals surface area contributed by atoms with Gasteiger partial charge in [0.15, 0.2) is 11.6 Å². The average Bonchev–Trinajstić information content (AvgIpc) is 3.50. The van der Waals surface area contributed by atoms with E-state index >= 15 is 0 Å². The number of hydrogen-bond donors (Lipinski definition) is 1. The number of hydrogen-bond acceptors (Lipinski definition) is 3. The third-order valence-corrected chi connectivity index (χ3v) is 6.25. The minimum absolute atomic E-state index is 0.124. The fraction of sp³-hybridized carbons (Fsp3) is 0.667. The molecule has 0 aromatic heterocycles. The van der Waals surface area contributed by atoms with Gasteiger partial charge in [-0.2, -0.15) is 0 Å². The molecule has 27 heavy (non-hydrogen) atoms. The minimum Gasteiger partial charge on any atom is -0.353 e. The van der Waals surface area contributed by atoms with Gasteiger partial charge in [-0.3, -0.25) is 14.6 Å². The zero-order chi connectivity index (χ0) is 18.8. The number of benzene rings is 1. The highest BCUT2D eigenvalue weighted by Crippen LogP contribution is 2.26. The van der Waals surface area contributed by atoms with Crippen molar-refractivity contribution >= 4 is 5.91 Å². The van der Waals surface area contributed by atoms with Crippen molar-refractivity contribution in [1.82, 2.24) is 15.1 Å². The summed E-state index contributed by atoms with van der Waals surface area (Å²) in [6.07, 6.45) is 6.38. The number of carbonyl (C=O) groups is 1. The Hall–Kier alpha value is -1.53. The van der Waals surface area contributed by atoms with Crippen molar-refractivity contribution in [1.29, 1.82) is 0 Å². The van der Waals surface area contributed by atoms with Crippen LogP contribution in [0.15, 0.2) is 18.2 Å². The van der Waals surface area contributed by atoms with E-state index in [9.17, 15) is 13.6 Å². The lowest BCUT2D eigenvalue weighted by molar-refractivity contribution is -0.127.